The van der Waals surface area contributed by atoms with Crippen molar-refractivity contribution in [3.8, 4) is 22.9 Å². The van der Waals surface area contributed by atoms with E-state index in [1.54, 1.807) is 30.3 Å². The molecule has 9 heteroatoms. The molecule has 7 nitrogen and oxygen atoms in total. The van der Waals surface area contributed by atoms with Crippen LogP contribution in [0.4, 0.5) is 3.89 Å². The van der Waals surface area contributed by atoms with Crippen LogP contribution in [0.5, 0.6) is 5.75 Å². The number of nitrogens with zero attached hydrogens (tertiary/aromatic N) is 2. The number of benzene rings is 3. The van der Waals surface area contributed by atoms with E-state index in [1.807, 2.05) is 13.0 Å². The maximum absolute atomic E-state index is 13.9. The summed E-state index contributed by atoms with van der Waals surface area (Å²) in [5.74, 6) is 0.409. The largest absolute Gasteiger partial charge is 0.493 e. The minimum absolute atomic E-state index is 0.163. The monoisotopic (exact) mass is 515 g/mol. The van der Waals surface area contributed by atoms with Gasteiger partial charge in [0, 0.05) is 22.5 Å². The molecule has 0 spiro atoms. The third kappa shape index (κ3) is 3.67. The highest BCUT2D eigenvalue weighted by atomic mass is 32.3. The van der Waals surface area contributed by atoms with Gasteiger partial charge in [-0.25, -0.2) is 0 Å². The predicted molar refractivity (Wildman–Crippen MR) is 140 cm³/mol. The molecule has 1 aliphatic rings. The maximum atomic E-state index is 13.9. The van der Waals surface area contributed by atoms with E-state index in [2.05, 4.69) is 15.6 Å². The lowest BCUT2D eigenvalue weighted by Gasteiger charge is -2.31. The van der Waals surface area contributed by atoms with E-state index in [1.165, 1.54) is 18.2 Å². The highest BCUT2D eigenvalue weighted by molar-refractivity contribution is 7.86. The molecule has 0 bridgehead atoms. The van der Waals surface area contributed by atoms with Crippen molar-refractivity contribution in [3.63, 3.8) is 0 Å². The van der Waals surface area contributed by atoms with E-state index < -0.39 is 15.1 Å². The van der Waals surface area contributed by atoms with Crippen molar-refractivity contribution in [1.82, 2.24) is 9.55 Å². The summed E-state index contributed by atoms with van der Waals surface area (Å²) in [6.07, 6.45) is 2.97. The number of nitrogens with one attached hydrogen (secondary N) is 1. The molecule has 1 fully saturated rings. The fraction of sp³-hybridized carbons (Fsp3) is 0.214. The molecule has 37 heavy (non-hydrogen) atoms. The number of pyridine rings is 1. The Balaban J connectivity index is 1.74. The number of H-pyrrole nitrogens is 1. The molecule has 1 aliphatic carbocycles. The molecule has 0 aliphatic heterocycles. The zero-order chi connectivity index (χ0) is 25.9. The number of nitriles is 1. The topological polar surface area (TPSA) is 105 Å². The molecule has 0 radical (unpaired) electrons. The Bertz CT molecular complexity index is 1950. The molecule has 186 valence electrons. The van der Waals surface area contributed by atoms with Crippen molar-refractivity contribution in [2.24, 2.45) is 0 Å². The molecule has 0 saturated heterocycles. The number of fused-ring (bicyclic) bond motifs is 4. The summed E-state index contributed by atoms with van der Waals surface area (Å²) >= 11 is 0. The van der Waals surface area contributed by atoms with Gasteiger partial charge >= 0.3 is 10.2 Å². The van der Waals surface area contributed by atoms with Gasteiger partial charge in [-0.2, -0.15) is 13.7 Å². The van der Waals surface area contributed by atoms with Crippen molar-refractivity contribution < 1.29 is 17.0 Å². The second-order valence-corrected chi connectivity index (χ2v) is 10.6. The molecule has 1 N–H and O–H groups in total. The summed E-state index contributed by atoms with van der Waals surface area (Å²) in [5.41, 5.74) is 3.44. The molecule has 0 amide bonds. The van der Waals surface area contributed by atoms with Crippen LogP contribution in [0.3, 0.4) is 0 Å². The minimum Gasteiger partial charge on any atom is -0.493 e. The third-order valence-electron chi connectivity index (χ3n) is 7.14. The first-order valence-electron chi connectivity index (χ1n) is 12.1. The normalized spacial score (nSPS) is 14.2. The van der Waals surface area contributed by atoms with Gasteiger partial charge in [0.1, 0.15) is 11.4 Å². The van der Waals surface area contributed by atoms with Crippen LogP contribution in [-0.2, 0) is 10.2 Å². The lowest BCUT2D eigenvalue weighted by Crippen LogP contribution is -2.21. The molecule has 3 aromatic carbocycles. The Labute approximate surface area is 211 Å². The summed E-state index contributed by atoms with van der Waals surface area (Å²) in [7, 11) is -4.90. The van der Waals surface area contributed by atoms with Crippen molar-refractivity contribution >= 4 is 43.1 Å². The smallest absolute Gasteiger partial charge is 0.332 e. The first-order valence-corrected chi connectivity index (χ1v) is 13.4. The zero-order valence-corrected chi connectivity index (χ0v) is 20.7. The van der Waals surface area contributed by atoms with E-state index in [4.69, 9.17) is 4.74 Å². The quantitative estimate of drug-likeness (QED) is 0.291. The first kappa shape index (κ1) is 23.3. The number of ether oxygens (including phenoxy) is 1. The molecule has 2 heterocycles. The number of rotatable bonds is 5. The SMILES string of the molecule is CCOc1cc2c(=O)c3c4ccc(C#N)cc4[nH]c3n(C3CCC3)c2cc1-c1cccc(S(=O)(=O)F)c1. The van der Waals surface area contributed by atoms with Crippen molar-refractivity contribution in [1.29, 1.82) is 5.26 Å². The summed E-state index contributed by atoms with van der Waals surface area (Å²) in [5, 5.41) is 11.1. The molecule has 5 aromatic rings. The number of halogens is 1. The van der Waals surface area contributed by atoms with Crippen LogP contribution in [0.25, 0.3) is 44.0 Å². The van der Waals surface area contributed by atoms with Crippen LogP contribution in [0.1, 0.15) is 37.8 Å². The van der Waals surface area contributed by atoms with Crippen molar-refractivity contribution in [2.75, 3.05) is 6.61 Å². The lowest BCUT2D eigenvalue weighted by atomic mass is 9.91. The number of hydrogen-bond donors (Lipinski definition) is 1. The highest BCUT2D eigenvalue weighted by Crippen LogP contribution is 2.41. The van der Waals surface area contributed by atoms with Crippen LogP contribution >= 0.6 is 0 Å². The van der Waals surface area contributed by atoms with E-state index in [0.29, 0.717) is 56.5 Å². The second-order valence-electron chi connectivity index (χ2n) is 9.27. The summed E-state index contributed by atoms with van der Waals surface area (Å²) in [4.78, 5) is 16.8. The van der Waals surface area contributed by atoms with Gasteiger partial charge in [0.15, 0.2) is 5.43 Å². The van der Waals surface area contributed by atoms with Crippen LogP contribution in [-0.4, -0.2) is 24.6 Å². The van der Waals surface area contributed by atoms with Gasteiger partial charge in [-0.15, -0.1) is 3.89 Å². The van der Waals surface area contributed by atoms with E-state index in [9.17, 15) is 22.4 Å². The van der Waals surface area contributed by atoms with Crippen molar-refractivity contribution in [2.45, 2.75) is 37.1 Å². The maximum Gasteiger partial charge on any atom is 0.332 e. The minimum atomic E-state index is -4.90. The summed E-state index contributed by atoms with van der Waals surface area (Å²) in [6, 6.07) is 16.7. The lowest BCUT2D eigenvalue weighted by molar-refractivity contribution is 0.326. The molecule has 2 aromatic heterocycles. The molecular weight excluding hydrogens is 493 g/mol. The number of aromatic nitrogens is 2. The molecule has 6 rings (SSSR count). The van der Waals surface area contributed by atoms with Gasteiger partial charge in [-0.1, -0.05) is 18.2 Å². The van der Waals surface area contributed by atoms with E-state index >= 15 is 0 Å². The molecule has 0 unspecified atom stereocenters. The first-order chi connectivity index (χ1) is 17.8. The van der Waals surface area contributed by atoms with Gasteiger partial charge in [-0.05, 0) is 68.1 Å². The van der Waals surface area contributed by atoms with Gasteiger partial charge in [0.2, 0.25) is 0 Å². The van der Waals surface area contributed by atoms with Crippen molar-refractivity contribution in [3.05, 3.63) is 70.4 Å². The zero-order valence-electron chi connectivity index (χ0n) is 19.9. The third-order valence-corrected chi connectivity index (χ3v) is 7.96. The average molecular weight is 516 g/mol. The predicted octanol–water partition coefficient (Wildman–Crippen LogP) is 5.96. The van der Waals surface area contributed by atoms with Gasteiger partial charge in [0.25, 0.3) is 0 Å². The molecular formula is C28H22FN3O4S. The molecule has 0 atom stereocenters. The Morgan fingerprint density at radius 2 is 1.95 bits per heavy atom. The van der Waals surface area contributed by atoms with Crippen LogP contribution in [0.2, 0.25) is 0 Å². The van der Waals surface area contributed by atoms with Gasteiger partial charge in [-0.3, -0.25) is 4.79 Å². The standard InChI is InChI=1S/C28H22FN3O4S/c1-2-36-25-14-22-24(13-21(25)17-5-3-8-19(12-17)37(29,34)35)32(18-6-4-7-18)28-26(27(22)33)20-10-9-16(15-30)11-23(20)31-28/h3,5,8-14,18,31H,2,4,6-7H2,1H3. The van der Waals surface area contributed by atoms with E-state index in [-0.39, 0.29) is 11.5 Å². The Morgan fingerprint density at radius 3 is 2.62 bits per heavy atom. The Kier molecular flexibility index (Phi) is 5.31. The van der Waals surface area contributed by atoms with Crippen LogP contribution < -0.4 is 10.2 Å². The highest BCUT2D eigenvalue weighted by Gasteiger charge is 2.27. The number of aromatic amines is 1. The fourth-order valence-corrected chi connectivity index (χ4v) is 5.72. The Hall–Kier alpha value is -4.16. The number of hydrogen-bond acceptors (Lipinski definition) is 5. The fourth-order valence-electron chi connectivity index (χ4n) is 5.21. The van der Waals surface area contributed by atoms with E-state index in [0.717, 1.165) is 24.6 Å². The Morgan fingerprint density at radius 1 is 1.14 bits per heavy atom. The second kappa shape index (κ2) is 8.46. The van der Waals surface area contributed by atoms with Gasteiger partial charge < -0.3 is 14.3 Å². The van der Waals surface area contributed by atoms with Crippen LogP contribution in [0, 0.1) is 11.3 Å². The average Bonchev–Trinajstić information content (AvgIpc) is 3.23. The summed E-state index contributed by atoms with van der Waals surface area (Å²) in [6.45, 7) is 2.14. The summed E-state index contributed by atoms with van der Waals surface area (Å²) < 4.78 is 45.0. The van der Waals surface area contributed by atoms with Crippen LogP contribution in [0.15, 0.2) is 64.3 Å². The molecule has 1 saturated carbocycles. The van der Waals surface area contributed by atoms with Gasteiger partial charge in [0.05, 0.1) is 39.4 Å².